The van der Waals surface area contributed by atoms with E-state index in [2.05, 4.69) is 4.98 Å². The lowest BCUT2D eigenvalue weighted by Crippen LogP contribution is -2.32. The molecule has 1 aliphatic carbocycles. The molecule has 0 unspecified atom stereocenters. The number of fused-ring (bicyclic) bond motifs is 1. The monoisotopic (exact) mass is 274 g/mol. The number of pyridine rings is 1. The maximum absolute atomic E-state index is 12.1. The van der Waals surface area contributed by atoms with Crippen LogP contribution in [0.3, 0.4) is 0 Å². The minimum absolute atomic E-state index is 0.0674. The van der Waals surface area contributed by atoms with Crippen molar-refractivity contribution in [2.24, 2.45) is 5.92 Å². The first-order chi connectivity index (χ1) is 9.38. The molecule has 2 aliphatic rings. The molecule has 20 heavy (non-hydrogen) atoms. The fourth-order valence-electron chi connectivity index (χ4n) is 2.76. The number of amides is 1. The number of rotatable bonds is 3. The predicted molar refractivity (Wildman–Crippen MR) is 74.3 cm³/mol. The van der Waals surface area contributed by atoms with Gasteiger partial charge in [0.15, 0.2) is 5.78 Å². The minimum Gasteiger partial charge on any atom is -0.465 e. The molecule has 0 atom stereocenters. The summed E-state index contributed by atoms with van der Waals surface area (Å²) in [7, 11) is 0. The second-order valence-corrected chi connectivity index (χ2v) is 6.42. The minimum atomic E-state index is -0.995. The molecule has 0 spiro atoms. The highest BCUT2D eigenvalue weighted by Gasteiger charge is 2.40. The molecule has 3 rings (SSSR count). The van der Waals surface area contributed by atoms with Crippen LogP contribution in [0, 0.1) is 5.92 Å². The van der Waals surface area contributed by atoms with Crippen LogP contribution in [-0.2, 0) is 5.41 Å². The molecule has 1 amide bonds. The van der Waals surface area contributed by atoms with Crippen molar-refractivity contribution in [3.63, 3.8) is 0 Å². The second kappa shape index (κ2) is 4.30. The van der Waals surface area contributed by atoms with Crippen molar-refractivity contribution in [3.05, 3.63) is 23.5 Å². The fraction of sp³-hybridized carbons (Fsp3) is 0.533. The van der Waals surface area contributed by atoms with Gasteiger partial charge in [0, 0.05) is 30.1 Å². The molecule has 1 saturated carbocycles. The highest BCUT2D eigenvalue weighted by molar-refractivity contribution is 5.99. The summed E-state index contributed by atoms with van der Waals surface area (Å²) in [6.07, 6.45) is 3.40. The number of aromatic nitrogens is 1. The van der Waals surface area contributed by atoms with E-state index in [0.717, 1.165) is 18.5 Å². The van der Waals surface area contributed by atoms with E-state index in [1.807, 2.05) is 13.8 Å². The highest BCUT2D eigenvalue weighted by Crippen LogP contribution is 2.40. The molecule has 0 bridgehead atoms. The largest absolute Gasteiger partial charge is 0.465 e. The van der Waals surface area contributed by atoms with Gasteiger partial charge in [-0.05, 0) is 24.8 Å². The summed E-state index contributed by atoms with van der Waals surface area (Å²) in [5.74, 6) is 0.584. The molecule has 1 aliphatic heterocycles. The Morgan fingerprint density at radius 2 is 2.15 bits per heavy atom. The maximum atomic E-state index is 12.1. The summed E-state index contributed by atoms with van der Waals surface area (Å²) in [5.41, 5.74) is 1.53. The van der Waals surface area contributed by atoms with Crippen LogP contribution < -0.4 is 4.90 Å². The van der Waals surface area contributed by atoms with Crippen molar-refractivity contribution >= 4 is 17.6 Å². The Morgan fingerprint density at radius 3 is 2.75 bits per heavy atom. The SMILES string of the molecule is CC1(C)CN(C(=O)O)c2cc(C(=O)CC3CC3)cnc21. The van der Waals surface area contributed by atoms with E-state index in [1.165, 1.54) is 4.90 Å². The van der Waals surface area contributed by atoms with Crippen molar-refractivity contribution in [2.75, 3.05) is 11.4 Å². The molecule has 5 nitrogen and oxygen atoms in total. The van der Waals surface area contributed by atoms with Crippen molar-refractivity contribution in [1.82, 2.24) is 4.98 Å². The maximum Gasteiger partial charge on any atom is 0.411 e. The molecule has 0 saturated heterocycles. The van der Waals surface area contributed by atoms with Gasteiger partial charge in [-0.25, -0.2) is 4.79 Å². The average Bonchev–Trinajstić information content (AvgIpc) is 3.14. The number of Topliss-reactive ketones (excluding diaryl/α,β-unsaturated/α-hetero) is 1. The van der Waals surface area contributed by atoms with E-state index in [9.17, 15) is 14.7 Å². The number of ketones is 1. The van der Waals surface area contributed by atoms with Crippen molar-refractivity contribution < 1.29 is 14.7 Å². The quantitative estimate of drug-likeness (QED) is 0.860. The molecule has 2 heterocycles. The number of carbonyl (C=O) groups excluding carboxylic acids is 1. The zero-order valence-corrected chi connectivity index (χ0v) is 11.7. The van der Waals surface area contributed by atoms with Crippen LogP contribution >= 0.6 is 0 Å². The van der Waals surface area contributed by atoms with Gasteiger partial charge in [-0.1, -0.05) is 13.8 Å². The third-order valence-corrected chi connectivity index (χ3v) is 4.08. The second-order valence-electron chi connectivity index (χ2n) is 6.42. The third kappa shape index (κ3) is 2.17. The predicted octanol–water partition coefficient (Wildman–Crippen LogP) is 2.84. The summed E-state index contributed by atoms with van der Waals surface area (Å²) in [5, 5.41) is 9.29. The van der Waals surface area contributed by atoms with Gasteiger partial charge in [-0.2, -0.15) is 0 Å². The third-order valence-electron chi connectivity index (χ3n) is 4.08. The first-order valence-corrected chi connectivity index (χ1v) is 6.92. The highest BCUT2D eigenvalue weighted by atomic mass is 16.4. The number of hydrogen-bond acceptors (Lipinski definition) is 3. The Bertz CT molecular complexity index is 591. The summed E-state index contributed by atoms with van der Waals surface area (Å²) in [6, 6.07) is 1.69. The van der Waals surface area contributed by atoms with Gasteiger partial charge >= 0.3 is 6.09 Å². The van der Waals surface area contributed by atoms with Crippen molar-refractivity contribution in [2.45, 2.75) is 38.5 Å². The van der Waals surface area contributed by atoms with Crippen LogP contribution in [0.4, 0.5) is 10.5 Å². The Hall–Kier alpha value is -1.91. The van der Waals surface area contributed by atoms with Crippen LogP contribution in [0.5, 0.6) is 0 Å². The molecule has 1 fully saturated rings. The summed E-state index contributed by atoms with van der Waals surface area (Å²) < 4.78 is 0. The summed E-state index contributed by atoms with van der Waals surface area (Å²) in [4.78, 5) is 29.1. The lowest BCUT2D eigenvalue weighted by Gasteiger charge is -2.17. The number of hydrogen-bond donors (Lipinski definition) is 1. The van der Waals surface area contributed by atoms with E-state index in [-0.39, 0.29) is 11.2 Å². The van der Waals surface area contributed by atoms with E-state index in [4.69, 9.17) is 0 Å². The molecule has 1 aromatic heterocycles. The first kappa shape index (κ1) is 13.1. The van der Waals surface area contributed by atoms with Gasteiger partial charge in [-0.3, -0.25) is 14.7 Å². The number of carboxylic acid groups (broad SMARTS) is 1. The molecule has 1 aromatic rings. The summed E-state index contributed by atoms with van der Waals surface area (Å²) >= 11 is 0. The van der Waals surface area contributed by atoms with Crippen molar-refractivity contribution in [3.8, 4) is 0 Å². The van der Waals surface area contributed by atoms with Gasteiger partial charge < -0.3 is 5.11 Å². The smallest absolute Gasteiger partial charge is 0.411 e. The Morgan fingerprint density at radius 1 is 1.45 bits per heavy atom. The average molecular weight is 274 g/mol. The van der Waals surface area contributed by atoms with Crippen LogP contribution in [0.2, 0.25) is 0 Å². The van der Waals surface area contributed by atoms with E-state index >= 15 is 0 Å². The number of anilines is 1. The Balaban J connectivity index is 1.96. The molecular weight excluding hydrogens is 256 g/mol. The molecule has 5 heteroatoms. The van der Waals surface area contributed by atoms with Crippen LogP contribution in [-0.4, -0.2) is 28.5 Å². The van der Waals surface area contributed by atoms with Crippen molar-refractivity contribution in [1.29, 1.82) is 0 Å². The zero-order valence-electron chi connectivity index (χ0n) is 11.7. The molecule has 0 aromatic carbocycles. The molecule has 1 N–H and O–H groups in total. The van der Waals surface area contributed by atoms with Gasteiger partial charge in [0.2, 0.25) is 0 Å². The number of carbonyl (C=O) groups is 2. The standard InChI is InChI=1S/C15H18N2O3/c1-15(2)8-17(14(19)20)11-6-10(7-16-13(11)15)12(18)5-9-3-4-9/h6-7,9H,3-5,8H2,1-2H3,(H,19,20). The first-order valence-electron chi connectivity index (χ1n) is 6.92. The van der Waals surface area contributed by atoms with Crippen LogP contribution in [0.25, 0.3) is 0 Å². The van der Waals surface area contributed by atoms with Crippen LogP contribution in [0.15, 0.2) is 12.3 Å². The van der Waals surface area contributed by atoms with Gasteiger partial charge in [0.05, 0.1) is 11.4 Å². The van der Waals surface area contributed by atoms with Gasteiger partial charge in [-0.15, -0.1) is 0 Å². The van der Waals surface area contributed by atoms with Crippen LogP contribution in [0.1, 0.15) is 49.2 Å². The van der Waals surface area contributed by atoms with Gasteiger partial charge in [0.25, 0.3) is 0 Å². The lowest BCUT2D eigenvalue weighted by molar-refractivity contribution is 0.0975. The fourth-order valence-corrected chi connectivity index (χ4v) is 2.76. The van der Waals surface area contributed by atoms with E-state index < -0.39 is 6.09 Å². The summed E-state index contributed by atoms with van der Waals surface area (Å²) in [6.45, 7) is 4.31. The zero-order chi connectivity index (χ0) is 14.5. The van der Waals surface area contributed by atoms with Gasteiger partial charge in [0.1, 0.15) is 0 Å². The Kier molecular flexibility index (Phi) is 2.81. The Labute approximate surface area is 117 Å². The van der Waals surface area contributed by atoms with E-state index in [0.29, 0.717) is 30.1 Å². The topological polar surface area (TPSA) is 70.5 Å². The van der Waals surface area contributed by atoms with E-state index in [1.54, 1.807) is 12.3 Å². The lowest BCUT2D eigenvalue weighted by atomic mass is 9.91. The molecule has 0 radical (unpaired) electrons. The number of nitrogens with zero attached hydrogens (tertiary/aromatic N) is 2. The normalized spacial score (nSPS) is 19.8. The molecule has 106 valence electrons. The molecular formula is C15H18N2O3.